The Hall–Kier alpha value is -1.26. The molecule has 0 aromatic heterocycles. The number of nitrogens with two attached hydrogens (primary N) is 1. The molecule has 0 aromatic carbocycles. The zero-order valence-corrected chi connectivity index (χ0v) is 11.4. The lowest BCUT2D eigenvalue weighted by Crippen LogP contribution is -2.51. The SMILES string of the molecule is CCC(C)CNC(=O)C1(C(N)=NO)CCCCC1. The molecule has 1 aliphatic carbocycles. The molecule has 0 bridgehead atoms. The number of carbonyl (C=O) groups is 1. The molecule has 1 unspecified atom stereocenters. The summed E-state index contributed by atoms with van der Waals surface area (Å²) >= 11 is 0. The number of nitrogens with one attached hydrogen (secondary N) is 1. The molecule has 104 valence electrons. The van der Waals surface area contributed by atoms with Crippen LogP contribution in [0.25, 0.3) is 0 Å². The van der Waals surface area contributed by atoms with E-state index in [4.69, 9.17) is 10.9 Å². The number of hydrogen-bond acceptors (Lipinski definition) is 3. The van der Waals surface area contributed by atoms with Gasteiger partial charge >= 0.3 is 0 Å². The molecule has 0 saturated heterocycles. The van der Waals surface area contributed by atoms with Gasteiger partial charge in [0.1, 0.15) is 5.41 Å². The van der Waals surface area contributed by atoms with Gasteiger partial charge in [0.05, 0.1) is 0 Å². The summed E-state index contributed by atoms with van der Waals surface area (Å²) in [5.74, 6) is 0.420. The van der Waals surface area contributed by atoms with Crippen LogP contribution >= 0.6 is 0 Å². The third-order valence-corrected chi connectivity index (χ3v) is 4.05. The monoisotopic (exact) mass is 255 g/mol. The van der Waals surface area contributed by atoms with Crippen molar-refractivity contribution < 1.29 is 10.0 Å². The summed E-state index contributed by atoms with van der Waals surface area (Å²) in [6, 6.07) is 0. The third-order valence-electron chi connectivity index (χ3n) is 4.05. The van der Waals surface area contributed by atoms with E-state index < -0.39 is 5.41 Å². The molecule has 4 N–H and O–H groups in total. The van der Waals surface area contributed by atoms with E-state index in [1.807, 2.05) is 0 Å². The van der Waals surface area contributed by atoms with Gasteiger partial charge < -0.3 is 16.3 Å². The average Bonchev–Trinajstić information content (AvgIpc) is 2.43. The molecule has 1 aliphatic rings. The van der Waals surface area contributed by atoms with Crippen LogP contribution in [0.3, 0.4) is 0 Å². The molecule has 18 heavy (non-hydrogen) atoms. The second kappa shape index (κ2) is 6.61. The molecule has 0 aliphatic heterocycles. The van der Waals surface area contributed by atoms with Crippen LogP contribution in [0.2, 0.25) is 0 Å². The largest absolute Gasteiger partial charge is 0.409 e. The van der Waals surface area contributed by atoms with Gasteiger partial charge in [-0.1, -0.05) is 44.7 Å². The Bertz CT molecular complexity index is 309. The van der Waals surface area contributed by atoms with Crippen LogP contribution in [0.15, 0.2) is 5.16 Å². The summed E-state index contributed by atoms with van der Waals surface area (Å²) in [6.45, 7) is 4.84. The number of nitrogens with zero attached hydrogens (tertiary/aromatic N) is 1. The van der Waals surface area contributed by atoms with E-state index in [0.29, 0.717) is 25.3 Å². The van der Waals surface area contributed by atoms with Gasteiger partial charge in [0.25, 0.3) is 0 Å². The minimum absolute atomic E-state index is 0.0591. The summed E-state index contributed by atoms with van der Waals surface area (Å²) in [6.07, 6.45) is 5.39. The van der Waals surface area contributed by atoms with Gasteiger partial charge in [-0.15, -0.1) is 0 Å². The van der Waals surface area contributed by atoms with Crippen molar-refractivity contribution in [3.63, 3.8) is 0 Å². The van der Waals surface area contributed by atoms with E-state index in [0.717, 1.165) is 25.7 Å². The van der Waals surface area contributed by atoms with Crippen molar-refractivity contribution in [1.29, 1.82) is 0 Å². The van der Waals surface area contributed by atoms with E-state index in [2.05, 4.69) is 24.3 Å². The maximum Gasteiger partial charge on any atom is 0.233 e. The van der Waals surface area contributed by atoms with E-state index in [1.54, 1.807) is 0 Å². The second-order valence-electron chi connectivity index (χ2n) is 5.35. The molecule has 1 amide bonds. The predicted molar refractivity (Wildman–Crippen MR) is 71.4 cm³/mol. The van der Waals surface area contributed by atoms with Crippen LogP contribution in [0.5, 0.6) is 0 Å². The summed E-state index contributed by atoms with van der Waals surface area (Å²) in [7, 11) is 0. The first-order valence-corrected chi connectivity index (χ1v) is 6.83. The van der Waals surface area contributed by atoms with E-state index in [1.165, 1.54) is 0 Å². The minimum atomic E-state index is -0.791. The molecular weight excluding hydrogens is 230 g/mol. The van der Waals surface area contributed by atoms with Crippen LogP contribution in [0.1, 0.15) is 52.4 Å². The van der Waals surface area contributed by atoms with Gasteiger partial charge in [0.15, 0.2) is 5.84 Å². The summed E-state index contributed by atoms with van der Waals surface area (Å²) in [4.78, 5) is 12.4. The smallest absolute Gasteiger partial charge is 0.233 e. The summed E-state index contributed by atoms with van der Waals surface area (Å²) < 4.78 is 0. The highest BCUT2D eigenvalue weighted by atomic mass is 16.4. The molecule has 0 radical (unpaired) electrons. The molecule has 0 aromatic rings. The molecule has 1 saturated carbocycles. The normalized spacial score (nSPS) is 21.3. The number of hydrogen-bond donors (Lipinski definition) is 3. The molecule has 5 nitrogen and oxygen atoms in total. The van der Waals surface area contributed by atoms with Crippen molar-refractivity contribution in [3.8, 4) is 0 Å². The van der Waals surface area contributed by atoms with Crippen LogP contribution in [-0.2, 0) is 4.79 Å². The van der Waals surface area contributed by atoms with Crippen LogP contribution in [0.4, 0.5) is 0 Å². The molecular formula is C13H25N3O2. The summed E-state index contributed by atoms with van der Waals surface area (Å²) in [5.41, 5.74) is 4.97. The van der Waals surface area contributed by atoms with Gasteiger partial charge in [0, 0.05) is 6.54 Å². The molecule has 1 fully saturated rings. The highest BCUT2D eigenvalue weighted by Crippen LogP contribution is 2.36. The van der Waals surface area contributed by atoms with Crippen molar-refractivity contribution in [2.24, 2.45) is 22.2 Å². The van der Waals surface area contributed by atoms with E-state index in [-0.39, 0.29) is 11.7 Å². The lowest BCUT2D eigenvalue weighted by atomic mass is 9.72. The van der Waals surface area contributed by atoms with Crippen molar-refractivity contribution in [3.05, 3.63) is 0 Å². The zero-order valence-electron chi connectivity index (χ0n) is 11.4. The molecule has 0 heterocycles. The zero-order chi connectivity index (χ0) is 13.6. The van der Waals surface area contributed by atoms with Gasteiger partial charge in [-0.2, -0.15) is 0 Å². The van der Waals surface area contributed by atoms with Crippen molar-refractivity contribution >= 4 is 11.7 Å². The fourth-order valence-corrected chi connectivity index (χ4v) is 2.43. The summed E-state index contributed by atoms with van der Waals surface area (Å²) in [5, 5.41) is 14.9. The van der Waals surface area contributed by atoms with Crippen molar-refractivity contribution in [1.82, 2.24) is 5.32 Å². The Labute approximate surface area is 109 Å². The molecule has 1 rings (SSSR count). The number of rotatable bonds is 5. The standard InChI is InChI=1S/C13H25N3O2/c1-3-10(2)9-15-12(17)13(11(14)16-18)7-5-4-6-8-13/h10,18H,3-9H2,1-2H3,(H2,14,16)(H,15,17). The molecule has 0 spiro atoms. The number of amides is 1. The van der Waals surface area contributed by atoms with Crippen LogP contribution in [-0.4, -0.2) is 23.5 Å². The average molecular weight is 255 g/mol. The van der Waals surface area contributed by atoms with Gasteiger partial charge in [-0.05, 0) is 18.8 Å². The quantitative estimate of drug-likeness (QED) is 0.303. The predicted octanol–water partition coefficient (Wildman–Crippen LogP) is 1.85. The first kappa shape index (κ1) is 14.8. The Morgan fingerprint density at radius 2 is 2.06 bits per heavy atom. The van der Waals surface area contributed by atoms with Crippen molar-refractivity contribution in [2.75, 3.05) is 6.54 Å². The first-order valence-electron chi connectivity index (χ1n) is 6.83. The maximum absolute atomic E-state index is 12.4. The Morgan fingerprint density at radius 1 is 1.44 bits per heavy atom. The number of oxime groups is 1. The van der Waals surface area contributed by atoms with E-state index >= 15 is 0 Å². The molecule has 5 heteroatoms. The second-order valence-corrected chi connectivity index (χ2v) is 5.35. The Balaban J connectivity index is 2.74. The van der Waals surface area contributed by atoms with Crippen LogP contribution in [0, 0.1) is 11.3 Å². The lowest BCUT2D eigenvalue weighted by Gasteiger charge is -2.34. The first-order chi connectivity index (χ1) is 8.56. The number of carbonyl (C=O) groups excluding carboxylic acids is 1. The Morgan fingerprint density at radius 3 is 2.56 bits per heavy atom. The minimum Gasteiger partial charge on any atom is -0.409 e. The van der Waals surface area contributed by atoms with Gasteiger partial charge in [-0.25, -0.2) is 0 Å². The topological polar surface area (TPSA) is 87.7 Å². The van der Waals surface area contributed by atoms with Gasteiger partial charge in [-0.3, -0.25) is 4.79 Å². The maximum atomic E-state index is 12.4. The van der Waals surface area contributed by atoms with Crippen molar-refractivity contribution in [2.45, 2.75) is 52.4 Å². The van der Waals surface area contributed by atoms with Gasteiger partial charge in [0.2, 0.25) is 5.91 Å². The third kappa shape index (κ3) is 3.15. The highest BCUT2D eigenvalue weighted by molar-refractivity contribution is 6.06. The van der Waals surface area contributed by atoms with E-state index in [9.17, 15) is 4.79 Å². The number of amidine groups is 1. The fraction of sp³-hybridized carbons (Fsp3) is 0.846. The van der Waals surface area contributed by atoms with Crippen LogP contribution < -0.4 is 11.1 Å². The lowest BCUT2D eigenvalue weighted by molar-refractivity contribution is -0.129. The highest BCUT2D eigenvalue weighted by Gasteiger charge is 2.43. The molecule has 1 atom stereocenters. The Kier molecular flexibility index (Phi) is 5.44. The fourth-order valence-electron chi connectivity index (χ4n) is 2.43.